The molecule has 0 aromatic heterocycles. The predicted molar refractivity (Wildman–Crippen MR) is 70.6 cm³/mol. The van der Waals surface area contributed by atoms with Crippen LogP contribution in [0.25, 0.3) is 0 Å². The van der Waals surface area contributed by atoms with E-state index in [0.29, 0.717) is 12.3 Å². The molecule has 0 atom stereocenters. The Hall–Kier alpha value is -1.89. The van der Waals surface area contributed by atoms with E-state index in [1.165, 1.54) is 6.07 Å². The van der Waals surface area contributed by atoms with Crippen molar-refractivity contribution >= 4 is 27.5 Å². The quantitative estimate of drug-likeness (QED) is 0.847. The number of rotatable bonds is 4. The first-order valence-electron chi connectivity index (χ1n) is 5.88. The zero-order valence-electron chi connectivity index (χ0n) is 10.4. The number of hydrogen-bond acceptors (Lipinski definition) is 5. The van der Waals surface area contributed by atoms with Crippen LogP contribution in [0.2, 0.25) is 0 Å². The molecule has 1 N–H and O–H groups in total. The highest BCUT2D eigenvalue weighted by atomic mass is 32.2. The SMILES string of the molecule is CCOC(=O)CCC1=NS(=O)(=O)c2ccccc2N1. The molecule has 0 unspecified atom stereocenters. The number of sulfonamides is 1. The maximum Gasteiger partial charge on any atom is 0.306 e. The molecule has 6 nitrogen and oxygen atoms in total. The van der Waals surface area contributed by atoms with Gasteiger partial charge in [0.05, 0.1) is 18.7 Å². The maximum absolute atomic E-state index is 11.9. The maximum atomic E-state index is 11.9. The lowest BCUT2D eigenvalue weighted by atomic mass is 10.2. The first-order chi connectivity index (χ1) is 9.03. The third kappa shape index (κ3) is 3.11. The van der Waals surface area contributed by atoms with Crippen LogP contribution in [-0.2, 0) is 19.6 Å². The fraction of sp³-hybridized carbons (Fsp3) is 0.333. The molecule has 1 heterocycles. The number of para-hydroxylation sites is 1. The minimum Gasteiger partial charge on any atom is -0.466 e. The van der Waals surface area contributed by atoms with Gasteiger partial charge in [-0.25, -0.2) is 0 Å². The summed E-state index contributed by atoms with van der Waals surface area (Å²) in [5.41, 5.74) is 0.483. The fourth-order valence-corrected chi connectivity index (χ4v) is 2.90. The standard InChI is InChI=1S/C12H14N2O4S/c1-2-18-12(15)8-7-11-13-9-5-3-4-6-10(9)19(16,17)14-11/h3-6H,2,7-8H2,1H3,(H,13,14). The van der Waals surface area contributed by atoms with Crippen molar-refractivity contribution < 1.29 is 17.9 Å². The van der Waals surface area contributed by atoms with Gasteiger partial charge in [0, 0.05) is 6.42 Å². The number of esters is 1. The summed E-state index contributed by atoms with van der Waals surface area (Å²) in [6.07, 6.45) is 0.295. The lowest BCUT2D eigenvalue weighted by molar-refractivity contribution is -0.142. The average Bonchev–Trinajstić information content (AvgIpc) is 2.36. The molecule has 102 valence electrons. The normalized spacial score (nSPS) is 15.9. The number of carbonyl (C=O) groups is 1. The molecule has 19 heavy (non-hydrogen) atoms. The summed E-state index contributed by atoms with van der Waals surface area (Å²) < 4.78 is 32.3. The van der Waals surface area contributed by atoms with Gasteiger partial charge in [-0.1, -0.05) is 12.1 Å². The number of ether oxygens (including phenoxy) is 1. The van der Waals surface area contributed by atoms with E-state index in [9.17, 15) is 13.2 Å². The number of anilines is 1. The largest absolute Gasteiger partial charge is 0.466 e. The number of carbonyl (C=O) groups excluding carboxylic acids is 1. The Labute approximate surface area is 111 Å². The third-order valence-electron chi connectivity index (χ3n) is 2.55. The van der Waals surface area contributed by atoms with Gasteiger partial charge in [-0.05, 0) is 19.1 Å². The summed E-state index contributed by atoms with van der Waals surface area (Å²) in [4.78, 5) is 11.4. The molecule has 0 amide bonds. The molecule has 1 aromatic carbocycles. The van der Waals surface area contributed by atoms with Gasteiger partial charge in [0.2, 0.25) is 0 Å². The van der Waals surface area contributed by atoms with E-state index >= 15 is 0 Å². The van der Waals surface area contributed by atoms with Gasteiger partial charge >= 0.3 is 5.97 Å². The first kappa shape index (κ1) is 13.5. The highest BCUT2D eigenvalue weighted by Gasteiger charge is 2.24. The molecule has 1 aromatic rings. The Balaban J connectivity index is 2.14. The Morgan fingerprint density at radius 3 is 2.84 bits per heavy atom. The van der Waals surface area contributed by atoms with E-state index < -0.39 is 10.0 Å². The minimum atomic E-state index is -3.68. The van der Waals surface area contributed by atoms with Crippen LogP contribution < -0.4 is 5.32 Å². The van der Waals surface area contributed by atoms with E-state index in [2.05, 4.69) is 9.71 Å². The lowest BCUT2D eigenvalue weighted by Gasteiger charge is -2.17. The molecule has 0 saturated heterocycles. The molecule has 0 saturated carbocycles. The zero-order chi connectivity index (χ0) is 13.9. The second-order valence-electron chi connectivity index (χ2n) is 3.94. The van der Waals surface area contributed by atoms with Gasteiger partial charge < -0.3 is 10.1 Å². The lowest BCUT2D eigenvalue weighted by Crippen LogP contribution is -2.22. The molecule has 0 fully saturated rings. The topological polar surface area (TPSA) is 84.8 Å². The van der Waals surface area contributed by atoms with Crippen molar-refractivity contribution in [2.45, 2.75) is 24.7 Å². The van der Waals surface area contributed by atoms with Crippen LogP contribution in [-0.4, -0.2) is 26.8 Å². The van der Waals surface area contributed by atoms with E-state index in [1.807, 2.05) is 0 Å². The van der Waals surface area contributed by atoms with E-state index in [0.717, 1.165) is 0 Å². The number of hydrogen-bond donors (Lipinski definition) is 1. The second-order valence-corrected chi connectivity index (χ2v) is 5.51. The van der Waals surface area contributed by atoms with Gasteiger partial charge in [0.25, 0.3) is 10.0 Å². The summed E-state index contributed by atoms with van der Waals surface area (Å²) in [6, 6.07) is 6.52. The van der Waals surface area contributed by atoms with Crippen molar-refractivity contribution in [2.24, 2.45) is 4.40 Å². The Morgan fingerprint density at radius 1 is 1.37 bits per heavy atom. The predicted octanol–water partition coefficient (Wildman–Crippen LogP) is 1.54. The summed E-state index contributed by atoms with van der Waals surface area (Å²) in [7, 11) is -3.68. The van der Waals surface area contributed by atoms with E-state index in [4.69, 9.17) is 4.74 Å². The van der Waals surface area contributed by atoms with Crippen molar-refractivity contribution in [3.63, 3.8) is 0 Å². The van der Waals surface area contributed by atoms with Gasteiger partial charge in [0.15, 0.2) is 0 Å². The number of amidine groups is 1. The number of nitrogens with zero attached hydrogens (tertiary/aromatic N) is 1. The first-order valence-corrected chi connectivity index (χ1v) is 7.32. The van der Waals surface area contributed by atoms with Crippen molar-refractivity contribution in [3.8, 4) is 0 Å². The fourth-order valence-electron chi connectivity index (χ4n) is 1.73. The van der Waals surface area contributed by atoms with Crippen LogP contribution in [0.1, 0.15) is 19.8 Å². The van der Waals surface area contributed by atoms with Crippen molar-refractivity contribution in [2.75, 3.05) is 11.9 Å². The highest BCUT2D eigenvalue weighted by molar-refractivity contribution is 7.90. The van der Waals surface area contributed by atoms with Crippen molar-refractivity contribution in [1.82, 2.24) is 0 Å². The Bertz CT molecular complexity index is 622. The van der Waals surface area contributed by atoms with E-state index in [-0.39, 0.29) is 29.5 Å². The smallest absolute Gasteiger partial charge is 0.306 e. The summed E-state index contributed by atoms with van der Waals surface area (Å²) in [6.45, 7) is 2.02. The van der Waals surface area contributed by atoms with Gasteiger partial charge in [-0.15, -0.1) is 4.40 Å². The summed E-state index contributed by atoms with van der Waals surface area (Å²) >= 11 is 0. The third-order valence-corrected chi connectivity index (χ3v) is 3.92. The molecule has 7 heteroatoms. The second kappa shape index (κ2) is 5.40. The van der Waals surface area contributed by atoms with Crippen LogP contribution >= 0.6 is 0 Å². The van der Waals surface area contributed by atoms with Crippen LogP contribution in [0, 0.1) is 0 Å². The number of nitrogens with one attached hydrogen (secondary N) is 1. The van der Waals surface area contributed by atoms with Crippen LogP contribution in [0.4, 0.5) is 5.69 Å². The molecule has 0 radical (unpaired) electrons. The van der Waals surface area contributed by atoms with Crippen LogP contribution in [0.3, 0.4) is 0 Å². The van der Waals surface area contributed by atoms with Gasteiger partial charge in [-0.2, -0.15) is 8.42 Å². The highest BCUT2D eigenvalue weighted by Crippen LogP contribution is 2.27. The summed E-state index contributed by atoms with van der Waals surface area (Å²) in [5, 5.41) is 2.91. The van der Waals surface area contributed by atoms with Crippen molar-refractivity contribution in [1.29, 1.82) is 0 Å². The van der Waals surface area contributed by atoms with Crippen molar-refractivity contribution in [3.05, 3.63) is 24.3 Å². The van der Waals surface area contributed by atoms with Crippen LogP contribution in [0.5, 0.6) is 0 Å². The van der Waals surface area contributed by atoms with Gasteiger partial charge in [0.1, 0.15) is 10.7 Å². The monoisotopic (exact) mass is 282 g/mol. The molecule has 1 aliphatic rings. The Morgan fingerprint density at radius 2 is 2.11 bits per heavy atom. The molecule has 0 aliphatic carbocycles. The molecule has 2 rings (SSSR count). The van der Waals surface area contributed by atoms with Crippen LogP contribution in [0.15, 0.2) is 33.6 Å². The average molecular weight is 282 g/mol. The minimum absolute atomic E-state index is 0.0946. The molecule has 0 spiro atoms. The number of benzene rings is 1. The van der Waals surface area contributed by atoms with Gasteiger partial charge in [-0.3, -0.25) is 4.79 Å². The molecule has 0 bridgehead atoms. The molecular weight excluding hydrogens is 268 g/mol. The summed E-state index contributed by atoms with van der Waals surface area (Å²) in [5.74, 6) is -0.116. The zero-order valence-corrected chi connectivity index (χ0v) is 11.2. The number of fused-ring (bicyclic) bond motifs is 1. The Kier molecular flexibility index (Phi) is 3.84. The molecular formula is C12H14N2O4S. The molecule has 1 aliphatic heterocycles. The van der Waals surface area contributed by atoms with E-state index in [1.54, 1.807) is 25.1 Å².